The number of carbonyl (C=O) groups is 1. The third kappa shape index (κ3) is 3.71. The minimum Gasteiger partial charge on any atom is -0.469 e. The second-order valence-corrected chi connectivity index (χ2v) is 5.56. The Hall–Kier alpha value is -2.34. The van der Waals surface area contributed by atoms with Gasteiger partial charge in [-0.05, 0) is 44.0 Å². The monoisotopic (exact) mass is 318 g/mol. The predicted octanol–water partition coefficient (Wildman–Crippen LogP) is 3.57. The first-order chi connectivity index (χ1) is 11.1. The van der Waals surface area contributed by atoms with Gasteiger partial charge in [-0.2, -0.15) is 0 Å². The van der Waals surface area contributed by atoms with Gasteiger partial charge >= 0.3 is 0 Å². The Morgan fingerprint density at radius 2 is 2.26 bits per heavy atom. The molecule has 23 heavy (non-hydrogen) atoms. The molecule has 1 aromatic heterocycles. The molecule has 3 rings (SSSR count). The molecule has 2 N–H and O–H groups in total. The number of amides is 1. The van der Waals surface area contributed by atoms with E-state index in [1.165, 1.54) is 12.3 Å². The van der Waals surface area contributed by atoms with Crippen LogP contribution in [0.3, 0.4) is 0 Å². The Labute approximate surface area is 133 Å². The Balaban J connectivity index is 1.62. The van der Waals surface area contributed by atoms with Crippen molar-refractivity contribution in [2.45, 2.75) is 25.9 Å². The van der Waals surface area contributed by atoms with Crippen LogP contribution in [0.5, 0.6) is 0 Å². The van der Waals surface area contributed by atoms with Gasteiger partial charge in [-0.1, -0.05) is 0 Å². The van der Waals surface area contributed by atoms with E-state index in [2.05, 4.69) is 10.6 Å². The Morgan fingerprint density at radius 1 is 1.39 bits per heavy atom. The molecule has 6 heteroatoms. The smallest absolute Gasteiger partial charge is 0.259 e. The van der Waals surface area contributed by atoms with Gasteiger partial charge in [0.1, 0.15) is 11.6 Å². The van der Waals surface area contributed by atoms with Gasteiger partial charge in [0.25, 0.3) is 5.91 Å². The molecule has 0 bridgehead atoms. The van der Waals surface area contributed by atoms with E-state index >= 15 is 0 Å². The largest absolute Gasteiger partial charge is 0.469 e. The molecule has 1 saturated heterocycles. The van der Waals surface area contributed by atoms with Gasteiger partial charge < -0.3 is 19.8 Å². The summed E-state index contributed by atoms with van der Waals surface area (Å²) in [4.78, 5) is 12.1. The van der Waals surface area contributed by atoms with Crippen LogP contribution in [0.4, 0.5) is 15.8 Å². The third-order valence-corrected chi connectivity index (χ3v) is 3.87. The molecule has 1 amide bonds. The van der Waals surface area contributed by atoms with Gasteiger partial charge in [0.2, 0.25) is 0 Å². The molecule has 5 nitrogen and oxygen atoms in total. The van der Waals surface area contributed by atoms with E-state index in [0.29, 0.717) is 29.2 Å². The van der Waals surface area contributed by atoms with Crippen LogP contribution in [0, 0.1) is 12.7 Å². The van der Waals surface area contributed by atoms with E-state index in [1.54, 1.807) is 25.1 Å². The molecule has 1 aromatic carbocycles. The lowest BCUT2D eigenvalue weighted by Crippen LogP contribution is -2.19. The highest BCUT2D eigenvalue weighted by Crippen LogP contribution is 2.21. The minimum atomic E-state index is -0.412. The minimum absolute atomic E-state index is 0.137. The van der Waals surface area contributed by atoms with Crippen molar-refractivity contribution in [3.8, 4) is 0 Å². The van der Waals surface area contributed by atoms with Crippen molar-refractivity contribution < 1.29 is 18.3 Å². The number of furan rings is 1. The SMILES string of the molecule is Cc1occc1C(=O)Nc1ccc(NCC2CCCO2)c(F)c1. The number of hydrogen-bond donors (Lipinski definition) is 2. The van der Waals surface area contributed by atoms with Crippen LogP contribution in [0.15, 0.2) is 34.9 Å². The lowest BCUT2D eigenvalue weighted by atomic mass is 10.2. The summed E-state index contributed by atoms with van der Waals surface area (Å²) in [5.41, 5.74) is 1.24. The highest BCUT2D eigenvalue weighted by Gasteiger charge is 2.16. The number of benzene rings is 1. The molecule has 1 aliphatic heterocycles. The second-order valence-electron chi connectivity index (χ2n) is 5.56. The zero-order valence-corrected chi connectivity index (χ0v) is 12.9. The standard InChI is InChI=1S/C17H19FN2O3/c1-11-14(6-8-22-11)17(21)20-12-4-5-16(15(18)9-12)19-10-13-3-2-7-23-13/h4-6,8-9,13,19H,2-3,7,10H2,1H3,(H,20,21). The van der Waals surface area contributed by atoms with Crippen molar-refractivity contribution in [3.63, 3.8) is 0 Å². The van der Waals surface area contributed by atoms with Gasteiger partial charge in [-0.3, -0.25) is 4.79 Å². The number of nitrogens with one attached hydrogen (secondary N) is 2. The summed E-state index contributed by atoms with van der Waals surface area (Å²) in [6.07, 6.45) is 3.63. The van der Waals surface area contributed by atoms with E-state index < -0.39 is 5.82 Å². The molecule has 2 heterocycles. The fourth-order valence-electron chi connectivity index (χ4n) is 2.58. The molecule has 1 atom stereocenters. The van der Waals surface area contributed by atoms with Crippen molar-refractivity contribution in [1.82, 2.24) is 0 Å². The quantitative estimate of drug-likeness (QED) is 0.884. The van der Waals surface area contributed by atoms with Crippen LogP contribution in [0.2, 0.25) is 0 Å². The predicted molar refractivity (Wildman–Crippen MR) is 85.3 cm³/mol. The molecule has 1 unspecified atom stereocenters. The molecular formula is C17H19FN2O3. The number of aryl methyl sites for hydroxylation is 1. The van der Waals surface area contributed by atoms with Crippen LogP contribution in [-0.2, 0) is 4.74 Å². The van der Waals surface area contributed by atoms with Crippen LogP contribution in [0.25, 0.3) is 0 Å². The van der Waals surface area contributed by atoms with E-state index in [4.69, 9.17) is 9.15 Å². The van der Waals surface area contributed by atoms with Gasteiger partial charge in [0, 0.05) is 18.8 Å². The summed E-state index contributed by atoms with van der Waals surface area (Å²) in [6, 6.07) is 6.15. The van der Waals surface area contributed by atoms with Crippen LogP contribution in [0.1, 0.15) is 29.0 Å². The zero-order valence-electron chi connectivity index (χ0n) is 12.9. The maximum absolute atomic E-state index is 14.1. The number of ether oxygens (including phenoxy) is 1. The Kier molecular flexibility index (Phi) is 4.62. The van der Waals surface area contributed by atoms with E-state index in [0.717, 1.165) is 19.4 Å². The first-order valence-corrected chi connectivity index (χ1v) is 7.64. The van der Waals surface area contributed by atoms with Crippen molar-refractivity contribution in [2.75, 3.05) is 23.8 Å². The first-order valence-electron chi connectivity index (χ1n) is 7.64. The second kappa shape index (κ2) is 6.83. The number of anilines is 2. The number of hydrogen-bond acceptors (Lipinski definition) is 4. The number of rotatable bonds is 5. The van der Waals surface area contributed by atoms with Crippen molar-refractivity contribution >= 4 is 17.3 Å². The fourth-order valence-corrected chi connectivity index (χ4v) is 2.58. The Morgan fingerprint density at radius 3 is 2.91 bits per heavy atom. The summed E-state index contributed by atoms with van der Waals surface area (Å²) in [6.45, 7) is 3.05. The lowest BCUT2D eigenvalue weighted by molar-refractivity contribution is 0.102. The maximum atomic E-state index is 14.1. The van der Waals surface area contributed by atoms with E-state index in [1.807, 2.05) is 0 Å². The van der Waals surface area contributed by atoms with Crippen LogP contribution < -0.4 is 10.6 Å². The van der Waals surface area contributed by atoms with Crippen molar-refractivity contribution in [2.24, 2.45) is 0 Å². The molecule has 0 saturated carbocycles. The van der Waals surface area contributed by atoms with E-state index in [-0.39, 0.29) is 12.0 Å². The number of carbonyl (C=O) groups excluding carboxylic acids is 1. The summed E-state index contributed by atoms with van der Waals surface area (Å²) >= 11 is 0. The van der Waals surface area contributed by atoms with Crippen molar-refractivity contribution in [3.05, 3.63) is 47.7 Å². The summed E-state index contributed by atoms with van der Waals surface area (Å²) in [5, 5.41) is 5.70. The third-order valence-electron chi connectivity index (χ3n) is 3.87. The average Bonchev–Trinajstić information content (AvgIpc) is 3.17. The average molecular weight is 318 g/mol. The highest BCUT2D eigenvalue weighted by molar-refractivity contribution is 6.04. The summed E-state index contributed by atoms with van der Waals surface area (Å²) in [7, 11) is 0. The number of halogens is 1. The molecule has 0 spiro atoms. The van der Waals surface area contributed by atoms with Gasteiger partial charge in [0.05, 0.1) is 23.6 Å². The topological polar surface area (TPSA) is 63.5 Å². The highest BCUT2D eigenvalue weighted by atomic mass is 19.1. The summed E-state index contributed by atoms with van der Waals surface area (Å²) < 4.78 is 24.7. The first kappa shape index (κ1) is 15.6. The molecular weight excluding hydrogens is 299 g/mol. The molecule has 1 fully saturated rings. The van der Waals surface area contributed by atoms with Crippen LogP contribution >= 0.6 is 0 Å². The molecule has 122 valence electrons. The maximum Gasteiger partial charge on any atom is 0.259 e. The molecule has 0 radical (unpaired) electrons. The van der Waals surface area contributed by atoms with Gasteiger partial charge in [0.15, 0.2) is 0 Å². The lowest BCUT2D eigenvalue weighted by Gasteiger charge is -2.13. The molecule has 2 aromatic rings. The fraction of sp³-hybridized carbons (Fsp3) is 0.353. The van der Waals surface area contributed by atoms with Gasteiger partial charge in [-0.25, -0.2) is 4.39 Å². The zero-order chi connectivity index (χ0) is 16.2. The Bertz CT molecular complexity index is 693. The normalized spacial score (nSPS) is 17.2. The van der Waals surface area contributed by atoms with Crippen molar-refractivity contribution in [1.29, 1.82) is 0 Å². The van der Waals surface area contributed by atoms with E-state index in [9.17, 15) is 9.18 Å². The summed E-state index contributed by atoms with van der Waals surface area (Å²) in [5.74, 6) is -0.210. The molecule has 0 aliphatic carbocycles. The molecule has 1 aliphatic rings. The van der Waals surface area contributed by atoms with Crippen LogP contribution in [-0.4, -0.2) is 25.2 Å². The van der Waals surface area contributed by atoms with Gasteiger partial charge in [-0.15, -0.1) is 0 Å².